The highest BCUT2D eigenvalue weighted by Crippen LogP contribution is 2.35. The Kier molecular flexibility index (Phi) is 5.23. The topological polar surface area (TPSA) is 67.1 Å². The minimum atomic E-state index is -0.235. The van der Waals surface area contributed by atoms with E-state index in [1.54, 1.807) is 37.4 Å². The van der Waals surface area contributed by atoms with Gasteiger partial charge >= 0.3 is 0 Å². The Morgan fingerprint density at radius 1 is 0.963 bits per heavy atom. The molecule has 0 aliphatic rings. The molecular formula is C21H18O6. The number of terminal acetylenes is 1. The average Bonchev–Trinajstić information content (AvgIpc) is 2.70. The molecule has 2 aromatic carbocycles. The molecule has 0 radical (unpaired) electrons. The van der Waals surface area contributed by atoms with E-state index in [0.717, 1.165) is 0 Å². The number of ether oxygens (including phenoxy) is 4. The van der Waals surface area contributed by atoms with E-state index in [-0.39, 0.29) is 12.0 Å². The summed E-state index contributed by atoms with van der Waals surface area (Å²) in [6, 6.07) is 9.88. The molecule has 3 rings (SSSR count). The first-order valence-electron chi connectivity index (χ1n) is 8.05. The molecule has 0 fully saturated rings. The van der Waals surface area contributed by atoms with Gasteiger partial charge in [-0.3, -0.25) is 4.79 Å². The molecule has 1 heterocycles. The Morgan fingerprint density at radius 3 is 2.37 bits per heavy atom. The molecule has 0 amide bonds. The molecule has 1 aromatic heterocycles. The number of methoxy groups -OCH3 is 3. The number of hydrogen-bond donors (Lipinski definition) is 0. The van der Waals surface area contributed by atoms with Crippen molar-refractivity contribution < 1.29 is 23.4 Å². The van der Waals surface area contributed by atoms with Gasteiger partial charge < -0.3 is 23.4 Å². The molecule has 3 aromatic rings. The Labute approximate surface area is 156 Å². The first-order valence-corrected chi connectivity index (χ1v) is 8.05. The van der Waals surface area contributed by atoms with Crippen LogP contribution in [0.3, 0.4) is 0 Å². The molecule has 0 atom stereocenters. The van der Waals surface area contributed by atoms with Gasteiger partial charge in [-0.2, -0.15) is 0 Å². The van der Waals surface area contributed by atoms with E-state index in [9.17, 15) is 4.79 Å². The van der Waals surface area contributed by atoms with E-state index in [1.807, 2.05) is 0 Å². The van der Waals surface area contributed by atoms with Crippen LogP contribution in [0.5, 0.6) is 23.0 Å². The van der Waals surface area contributed by atoms with Crippen LogP contribution in [0.2, 0.25) is 0 Å². The molecule has 0 saturated carbocycles. The zero-order valence-electron chi connectivity index (χ0n) is 15.2. The van der Waals surface area contributed by atoms with Crippen LogP contribution in [0.25, 0.3) is 22.3 Å². The molecule has 6 heteroatoms. The van der Waals surface area contributed by atoms with E-state index < -0.39 is 0 Å². The molecule has 6 nitrogen and oxygen atoms in total. The lowest BCUT2D eigenvalue weighted by Gasteiger charge is -2.11. The van der Waals surface area contributed by atoms with Crippen LogP contribution in [0.15, 0.2) is 45.6 Å². The van der Waals surface area contributed by atoms with E-state index in [1.165, 1.54) is 20.3 Å². The summed E-state index contributed by atoms with van der Waals surface area (Å²) in [6.45, 7) is 0.0915. The van der Waals surface area contributed by atoms with Crippen molar-refractivity contribution in [3.63, 3.8) is 0 Å². The molecule has 0 aliphatic heterocycles. The molecule has 0 saturated heterocycles. The zero-order valence-corrected chi connectivity index (χ0v) is 15.2. The molecule has 138 valence electrons. The average molecular weight is 366 g/mol. The Morgan fingerprint density at radius 2 is 1.70 bits per heavy atom. The maximum atomic E-state index is 12.7. The highest BCUT2D eigenvalue weighted by molar-refractivity contribution is 5.86. The van der Waals surface area contributed by atoms with Gasteiger partial charge in [-0.25, -0.2) is 0 Å². The predicted molar refractivity (Wildman–Crippen MR) is 102 cm³/mol. The third-order valence-electron chi connectivity index (χ3n) is 3.98. The maximum absolute atomic E-state index is 12.7. The van der Waals surface area contributed by atoms with Gasteiger partial charge in [0.25, 0.3) is 0 Å². The normalized spacial score (nSPS) is 10.3. The molecule has 0 spiro atoms. The molecular weight excluding hydrogens is 348 g/mol. The van der Waals surface area contributed by atoms with Crippen LogP contribution in [0, 0.1) is 12.3 Å². The fourth-order valence-electron chi connectivity index (χ4n) is 2.73. The summed E-state index contributed by atoms with van der Waals surface area (Å²) >= 11 is 0. The van der Waals surface area contributed by atoms with E-state index in [0.29, 0.717) is 45.3 Å². The number of fused-ring (bicyclic) bond motifs is 1. The number of rotatable bonds is 6. The minimum absolute atomic E-state index is 0.0915. The lowest BCUT2D eigenvalue weighted by atomic mass is 10.1. The summed E-state index contributed by atoms with van der Waals surface area (Å²) in [5, 5.41) is 0.329. The van der Waals surface area contributed by atoms with Crippen molar-refractivity contribution in [2.24, 2.45) is 0 Å². The quantitative estimate of drug-likeness (QED) is 0.622. The van der Waals surface area contributed by atoms with Crippen LogP contribution < -0.4 is 24.4 Å². The largest absolute Gasteiger partial charge is 0.496 e. The molecule has 0 bridgehead atoms. The Hall–Kier alpha value is -3.59. The first-order chi connectivity index (χ1) is 13.1. The highest BCUT2D eigenvalue weighted by Gasteiger charge is 2.15. The van der Waals surface area contributed by atoms with Crippen molar-refractivity contribution in [1.29, 1.82) is 0 Å². The predicted octanol–water partition coefficient (Wildman–Crippen LogP) is 3.50. The molecule has 27 heavy (non-hydrogen) atoms. The fourth-order valence-corrected chi connectivity index (χ4v) is 2.73. The Balaban J connectivity index is 2.18. The van der Waals surface area contributed by atoms with Gasteiger partial charge in [-0.15, -0.1) is 6.42 Å². The molecule has 0 unspecified atom stereocenters. The minimum Gasteiger partial charge on any atom is -0.496 e. The lowest BCUT2D eigenvalue weighted by molar-refractivity contribution is 0.355. The Bertz CT molecular complexity index is 1070. The smallest absolute Gasteiger partial charge is 0.197 e. The summed E-state index contributed by atoms with van der Waals surface area (Å²) in [6.07, 6.45) is 5.23. The van der Waals surface area contributed by atoms with Crippen LogP contribution >= 0.6 is 0 Å². The lowest BCUT2D eigenvalue weighted by Crippen LogP contribution is -2.04. The van der Waals surface area contributed by atoms with Crippen molar-refractivity contribution in [1.82, 2.24) is 0 Å². The standard InChI is InChI=1S/C21H18O6/c1-5-8-26-14-10-19(25-4)21-15(22)12-17(27-20(21)11-14)13-6-7-16(23-2)18(9-13)24-3/h1,6-7,9-12H,8H2,2-4H3. The van der Waals surface area contributed by atoms with Crippen LogP contribution in [-0.4, -0.2) is 27.9 Å². The SMILES string of the molecule is C#CCOc1cc(OC)c2c(=O)cc(-c3ccc(OC)c(OC)c3)oc2c1. The van der Waals surface area contributed by atoms with Crippen molar-refractivity contribution in [2.45, 2.75) is 0 Å². The number of hydrogen-bond acceptors (Lipinski definition) is 6. The highest BCUT2D eigenvalue weighted by atomic mass is 16.5. The van der Waals surface area contributed by atoms with Crippen LogP contribution in [-0.2, 0) is 0 Å². The fraction of sp³-hybridized carbons (Fsp3) is 0.190. The molecule has 0 aliphatic carbocycles. The van der Waals surface area contributed by atoms with E-state index >= 15 is 0 Å². The van der Waals surface area contributed by atoms with Gasteiger partial charge in [0.2, 0.25) is 0 Å². The van der Waals surface area contributed by atoms with Gasteiger partial charge in [-0.1, -0.05) is 5.92 Å². The first kappa shape index (κ1) is 18.2. The second-order valence-electron chi connectivity index (χ2n) is 5.54. The van der Waals surface area contributed by atoms with Crippen LogP contribution in [0.4, 0.5) is 0 Å². The van der Waals surface area contributed by atoms with E-state index in [4.69, 9.17) is 29.8 Å². The second-order valence-corrected chi connectivity index (χ2v) is 5.54. The van der Waals surface area contributed by atoms with Crippen molar-refractivity contribution >= 4 is 11.0 Å². The van der Waals surface area contributed by atoms with Gasteiger partial charge in [0.15, 0.2) is 16.9 Å². The maximum Gasteiger partial charge on any atom is 0.197 e. The molecule has 0 N–H and O–H groups in total. The van der Waals surface area contributed by atoms with Crippen LogP contribution in [0.1, 0.15) is 0 Å². The third-order valence-corrected chi connectivity index (χ3v) is 3.98. The second kappa shape index (κ2) is 7.75. The van der Waals surface area contributed by atoms with Crippen molar-refractivity contribution in [3.8, 4) is 46.7 Å². The van der Waals surface area contributed by atoms with Gasteiger partial charge in [0.05, 0.1) is 21.3 Å². The van der Waals surface area contributed by atoms with Gasteiger partial charge in [0.1, 0.15) is 34.8 Å². The zero-order chi connectivity index (χ0) is 19.4. The summed E-state index contributed by atoms with van der Waals surface area (Å²) in [5.41, 5.74) is 0.764. The van der Waals surface area contributed by atoms with Crippen molar-refractivity contribution in [2.75, 3.05) is 27.9 Å². The summed E-state index contributed by atoms with van der Waals surface area (Å²) in [4.78, 5) is 12.7. The number of benzene rings is 2. The summed E-state index contributed by atoms with van der Waals surface area (Å²) in [7, 11) is 4.57. The monoisotopic (exact) mass is 366 g/mol. The van der Waals surface area contributed by atoms with E-state index in [2.05, 4.69) is 5.92 Å². The third kappa shape index (κ3) is 3.53. The van der Waals surface area contributed by atoms with Crippen molar-refractivity contribution in [3.05, 3.63) is 46.6 Å². The van der Waals surface area contributed by atoms with Gasteiger partial charge in [-0.05, 0) is 18.2 Å². The summed E-state index contributed by atoms with van der Waals surface area (Å²) in [5.74, 6) is 4.68. The summed E-state index contributed by atoms with van der Waals surface area (Å²) < 4.78 is 27.3. The van der Waals surface area contributed by atoms with Gasteiger partial charge in [0, 0.05) is 23.8 Å².